The number of nitrogens with zero attached hydrogens (tertiary/aromatic N) is 1. The van der Waals surface area contributed by atoms with Gasteiger partial charge in [-0.2, -0.15) is 5.26 Å². The van der Waals surface area contributed by atoms with Crippen LogP contribution in [0.15, 0.2) is 82.7 Å². The zero-order valence-electron chi connectivity index (χ0n) is 16.5. The lowest BCUT2D eigenvalue weighted by Crippen LogP contribution is -2.21. The van der Waals surface area contributed by atoms with Gasteiger partial charge in [-0.05, 0) is 42.0 Å². The van der Waals surface area contributed by atoms with E-state index in [2.05, 4.69) is 22.0 Å². The minimum absolute atomic E-state index is 0.0270. The Morgan fingerprint density at radius 3 is 2.58 bits per heavy atom. The number of nitriles is 1. The van der Waals surface area contributed by atoms with E-state index in [1.807, 2.05) is 24.3 Å². The number of benzene rings is 3. The van der Waals surface area contributed by atoms with Crippen molar-refractivity contribution < 1.29 is 19.0 Å². The van der Waals surface area contributed by atoms with Crippen LogP contribution in [0.4, 0.5) is 0 Å². The van der Waals surface area contributed by atoms with Gasteiger partial charge < -0.3 is 19.9 Å². The predicted molar refractivity (Wildman–Crippen MR) is 118 cm³/mol. The summed E-state index contributed by atoms with van der Waals surface area (Å²) in [5.74, 6) is 0.404. The van der Waals surface area contributed by atoms with Gasteiger partial charge in [0.15, 0.2) is 0 Å². The number of esters is 1. The summed E-state index contributed by atoms with van der Waals surface area (Å²) in [5.41, 5.74) is 8.38. The number of hydrogen-bond donors (Lipinski definition) is 1. The number of methoxy groups -OCH3 is 1. The largest absolute Gasteiger partial charge is 0.497 e. The number of ether oxygens (including phenoxy) is 3. The molecule has 1 aliphatic rings. The van der Waals surface area contributed by atoms with E-state index in [4.69, 9.17) is 19.9 Å². The van der Waals surface area contributed by atoms with Crippen molar-refractivity contribution in [1.82, 2.24) is 0 Å². The number of hydrogen-bond acceptors (Lipinski definition) is 6. The summed E-state index contributed by atoms with van der Waals surface area (Å²) < 4.78 is 17.3. The Labute approximate surface area is 187 Å². The van der Waals surface area contributed by atoms with Gasteiger partial charge in [0.05, 0.1) is 18.6 Å². The van der Waals surface area contributed by atoms with Gasteiger partial charge in [-0.1, -0.05) is 40.2 Å². The zero-order valence-corrected chi connectivity index (χ0v) is 18.0. The number of fused-ring (bicyclic) bond motifs is 1. The SMILES string of the molecule is COc1cccc(C(=O)Oc2ccc3c(c2)OC(N)=C(C#N)C3c2ccc(Br)cc2)c1. The molecule has 0 saturated heterocycles. The van der Waals surface area contributed by atoms with Gasteiger partial charge in [-0.25, -0.2) is 4.79 Å². The first kappa shape index (κ1) is 20.5. The number of rotatable bonds is 4. The molecule has 31 heavy (non-hydrogen) atoms. The van der Waals surface area contributed by atoms with E-state index in [0.29, 0.717) is 28.4 Å². The van der Waals surface area contributed by atoms with Crippen LogP contribution < -0.4 is 19.9 Å². The molecule has 0 bridgehead atoms. The molecule has 1 unspecified atom stereocenters. The molecule has 0 radical (unpaired) electrons. The second-order valence-electron chi connectivity index (χ2n) is 6.80. The number of carbonyl (C=O) groups excluding carboxylic acids is 1. The zero-order chi connectivity index (χ0) is 22.0. The van der Waals surface area contributed by atoms with E-state index in [-0.39, 0.29) is 11.8 Å². The molecule has 6 nitrogen and oxygen atoms in total. The van der Waals surface area contributed by atoms with Gasteiger partial charge in [0.1, 0.15) is 28.9 Å². The molecule has 0 saturated carbocycles. The van der Waals surface area contributed by atoms with Crippen molar-refractivity contribution in [1.29, 1.82) is 5.26 Å². The van der Waals surface area contributed by atoms with Crippen molar-refractivity contribution in [2.75, 3.05) is 7.11 Å². The Bertz CT molecular complexity index is 1230. The van der Waals surface area contributed by atoms with E-state index in [1.54, 1.807) is 42.5 Å². The summed E-state index contributed by atoms with van der Waals surface area (Å²) in [6.45, 7) is 0. The molecule has 0 amide bonds. The first-order valence-electron chi connectivity index (χ1n) is 9.33. The Morgan fingerprint density at radius 1 is 1.10 bits per heavy atom. The van der Waals surface area contributed by atoms with Crippen molar-refractivity contribution in [3.8, 4) is 23.3 Å². The standard InChI is InChI=1S/C24H17BrN2O4/c1-29-17-4-2-3-15(11-17)24(28)30-18-9-10-19-21(12-18)31-23(27)20(13-26)22(19)14-5-7-16(25)8-6-14/h2-12,22H,27H2,1H3. The predicted octanol–water partition coefficient (Wildman–Crippen LogP) is 4.90. The third-order valence-electron chi connectivity index (χ3n) is 4.91. The van der Waals surface area contributed by atoms with Gasteiger partial charge in [-0.3, -0.25) is 0 Å². The Balaban J connectivity index is 1.67. The molecular formula is C24H17BrN2O4. The maximum Gasteiger partial charge on any atom is 0.343 e. The monoisotopic (exact) mass is 476 g/mol. The molecular weight excluding hydrogens is 460 g/mol. The van der Waals surface area contributed by atoms with Crippen LogP contribution in [-0.2, 0) is 0 Å². The topological polar surface area (TPSA) is 94.6 Å². The molecule has 1 atom stereocenters. The van der Waals surface area contributed by atoms with Crippen LogP contribution in [0, 0.1) is 11.3 Å². The highest BCUT2D eigenvalue weighted by atomic mass is 79.9. The van der Waals surface area contributed by atoms with Crippen molar-refractivity contribution in [3.63, 3.8) is 0 Å². The Kier molecular flexibility index (Phi) is 5.65. The van der Waals surface area contributed by atoms with Gasteiger partial charge >= 0.3 is 5.97 Å². The van der Waals surface area contributed by atoms with Crippen LogP contribution in [0.2, 0.25) is 0 Å². The first-order valence-corrected chi connectivity index (χ1v) is 10.1. The summed E-state index contributed by atoms with van der Waals surface area (Å²) in [7, 11) is 1.53. The normalized spacial score (nSPS) is 14.8. The molecule has 154 valence electrons. The van der Waals surface area contributed by atoms with E-state index in [9.17, 15) is 10.1 Å². The summed E-state index contributed by atoms with van der Waals surface area (Å²) in [6.07, 6.45) is 0. The molecule has 7 heteroatoms. The molecule has 4 rings (SSSR count). The molecule has 0 fully saturated rings. The Hall–Kier alpha value is -3.76. The third-order valence-corrected chi connectivity index (χ3v) is 5.44. The highest BCUT2D eigenvalue weighted by Crippen LogP contribution is 2.43. The second-order valence-corrected chi connectivity index (χ2v) is 7.71. The fraction of sp³-hybridized carbons (Fsp3) is 0.0833. The average molecular weight is 477 g/mol. The number of allylic oxidation sites excluding steroid dienone is 1. The lowest BCUT2D eigenvalue weighted by Gasteiger charge is -2.26. The lowest BCUT2D eigenvalue weighted by molar-refractivity contribution is 0.0734. The number of nitrogens with two attached hydrogens (primary N) is 1. The lowest BCUT2D eigenvalue weighted by atomic mass is 9.83. The van der Waals surface area contributed by atoms with Crippen molar-refractivity contribution in [3.05, 3.63) is 99.3 Å². The molecule has 3 aromatic rings. The average Bonchev–Trinajstić information content (AvgIpc) is 2.78. The van der Waals surface area contributed by atoms with Gasteiger partial charge in [-0.15, -0.1) is 0 Å². The summed E-state index contributed by atoms with van der Waals surface area (Å²) >= 11 is 3.42. The highest BCUT2D eigenvalue weighted by Gasteiger charge is 2.31. The molecule has 1 aliphatic heterocycles. The first-order chi connectivity index (χ1) is 15.0. The van der Waals surface area contributed by atoms with Gasteiger partial charge in [0.25, 0.3) is 0 Å². The molecule has 0 spiro atoms. The van der Waals surface area contributed by atoms with Crippen LogP contribution in [0.25, 0.3) is 0 Å². The summed E-state index contributed by atoms with van der Waals surface area (Å²) in [5, 5.41) is 9.66. The fourth-order valence-corrected chi connectivity index (χ4v) is 3.68. The van der Waals surface area contributed by atoms with Gasteiger partial charge in [0, 0.05) is 16.1 Å². The molecule has 0 aliphatic carbocycles. The second kappa shape index (κ2) is 8.54. The van der Waals surface area contributed by atoms with Crippen molar-refractivity contribution >= 4 is 21.9 Å². The van der Waals surface area contributed by atoms with E-state index < -0.39 is 5.97 Å². The highest BCUT2D eigenvalue weighted by molar-refractivity contribution is 9.10. The quantitative estimate of drug-likeness (QED) is 0.425. The summed E-state index contributed by atoms with van der Waals surface area (Å²) in [6, 6.07) is 21.5. The van der Waals surface area contributed by atoms with Crippen LogP contribution >= 0.6 is 15.9 Å². The number of carbonyl (C=O) groups is 1. The van der Waals surface area contributed by atoms with Gasteiger partial charge in [0.2, 0.25) is 5.88 Å². The molecule has 0 aromatic heterocycles. The fourth-order valence-electron chi connectivity index (χ4n) is 3.41. The minimum Gasteiger partial charge on any atom is -0.497 e. The summed E-state index contributed by atoms with van der Waals surface area (Å²) in [4.78, 5) is 12.5. The maximum absolute atomic E-state index is 12.5. The smallest absolute Gasteiger partial charge is 0.343 e. The van der Waals surface area contributed by atoms with Crippen molar-refractivity contribution in [2.24, 2.45) is 5.73 Å². The van der Waals surface area contributed by atoms with E-state index in [1.165, 1.54) is 7.11 Å². The molecule has 1 heterocycles. The molecule has 2 N–H and O–H groups in total. The van der Waals surface area contributed by atoms with Crippen LogP contribution in [0.1, 0.15) is 27.4 Å². The van der Waals surface area contributed by atoms with E-state index in [0.717, 1.165) is 15.6 Å². The van der Waals surface area contributed by atoms with Crippen molar-refractivity contribution in [2.45, 2.75) is 5.92 Å². The van der Waals surface area contributed by atoms with Crippen LogP contribution in [-0.4, -0.2) is 13.1 Å². The minimum atomic E-state index is -0.527. The molecule has 3 aromatic carbocycles. The Morgan fingerprint density at radius 2 is 1.87 bits per heavy atom. The van der Waals surface area contributed by atoms with Crippen LogP contribution in [0.5, 0.6) is 17.2 Å². The van der Waals surface area contributed by atoms with Crippen LogP contribution in [0.3, 0.4) is 0 Å². The van der Waals surface area contributed by atoms with E-state index >= 15 is 0 Å². The third kappa shape index (κ3) is 4.11. The maximum atomic E-state index is 12.5. The number of halogens is 1.